The minimum atomic E-state index is -4.43. The Morgan fingerprint density at radius 3 is 2.43 bits per heavy atom. The van der Waals surface area contributed by atoms with E-state index in [0.717, 1.165) is 22.7 Å². The second-order valence-corrected chi connectivity index (χ2v) is 14.1. The van der Waals surface area contributed by atoms with Crippen LogP contribution in [0.15, 0.2) is 95.0 Å². The number of nitrogens with one attached hydrogen (secondary N) is 1. The summed E-state index contributed by atoms with van der Waals surface area (Å²) in [5.41, 5.74) is 3.99. The molecule has 1 aliphatic heterocycles. The number of hydrogen-bond donors (Lipinski definition) is 2. The number of benzene rings is 3. The molecule has 0 aliphatic carbocycles. The number of ether oxygens (including phenoxy) is 2. The summed E-state index contributed by atoms with van der Waals surface area (Å²) in [5, 5.41) is 0. The first-order chi connectivity index (χ1) is 21.8. The Morgan fingerprint density at radius 2 is 1.80 bits per heavy atom. The Kier molecular flexibility index (Phi) is 12.1. The van der Waals surface area contributed by atoms with Crippen LogP contribution in [0.2, 0.25) is 0 Å². The molecule has 1 fully saturated rings. The van der Waals surface area contributed by atoms with Crippen LogP contribution in [-0.2, 0) is 47.5 Å². The average Bonchev–Trinajstić information content (AvgIpc) is 3.02. The fourth-order valence-corrected chi connectivity index (χ4v) is 7.24. The number of amides is 1. The first-order valence-corrected chi connectivity index (χ1v) is 17.5. The molecule has 0 aromatic heterocycles. The highest BCUT2D eigenvalue weighted by atomic mass is 32.2. The van der Waals surface area contributed by atoms with Crippen molar-refractivity contribution >= 4 is 26.0 Å². The van der Waals surface area contributed by atoms with Crippen molar-refractivity contribution in [1.82, 2.24) is 9.79 Å². The molecule has 3 aromatic carbocycles. The van der Waals surface area contributed by atoms with Crippen LogP contribution in [0.5, 0.6) is 5.75 Å². The standard InChI is InChI=1S/C32H37FN2O9S2/c1-23-11-16-30(46(39,40)41)26(20-23)17-19-42-27-12-14-28(15-13-27)45(37,38)35(22-25-8-4-3-5-9-25)29(21-24(2)33)32(36)34-44-31-10-6-7-18-43-31/h3-5,8-9,11-16,20,29,31H,2,6-7,10,17-19,21-22H2,1H3,(H,34,36)(H,39,40,41)/t29-,31?/m0/s1. The van der Waals surface area contributed by atoms with E-state index in [1.807, 2.05) is 0 Å². The molecule has 1 aliphatic rings. The lowest BCUT2D eigenvalue weighted by Gasteiger charge is -2.30. The Bertz CT molecular complexity index is 1710. The second kappa shape index (κ2) is 15.8. The molecule has 14 heteroatoms. The number of rotatable bonds is 15. The largest absolute Gasteiger partial charge is 0.493 e. The molecule has 0 radical (unpaired) electrons. The van der Waals surface area contributed by atoms with Crippen molar-refractivity contribution in [2.24, 2.45) is 0 Å². The monoisotopic (exact) mass is 676 g/mol. The van der Waals surface area contributed by atoms with Crippen molar-refractivity contribution < 1.29 is 44.9 Å². The quantitative estimate of drug-likeness (QED) is 0.170. The molecule has 46 heavy (non-hydrogen) atoms. The van der Waals surface area contributed by atoms with Crippen LogP contribution in [0.1, 0.15) is 42.4 Å². The fourth-order valence-electron chi connectivity index (χ4n) is 4.93. The van der Waals surface area contributed by atoms with E-state index in [4.69, 9.17) is 14.3 Å². The van der Waals surface area contributed by atoms with E-state index >= 15 is 0 Å². The van der Waals surface area contributed by atoms with Gasteiger partial charge < -0.3 is 9.47 Å². The van der Waals surface area contributed by atoms with Crippen LogP contribution in [0.3, 0.4) is 0 Å². The highest BCUT2D eigenvalue weighted by Crippen LogP contribution is 2.27. The van der Waals surface area contributed by atoms with E-state index in [-0.39, 0.29) is 29.4 Å². The Labute approximate surface area is 268 Å². The predicted octanol–water partition coefficient (Wildman–Crippen LogP) is 4.87. The maximum absolute atomic E-state index is 14.3. The third-order valence-electron chi connectivity index (χ3n) is 7.24. The maximum atomic E-state index is 14.3. The Balaban J connectivity index is 1.54. The molecule has 0 saturated carbocycles. The van der Waals surface area contributed by atoms with E-state index in [9.17, 15) is 30.6 Å². The zero-order valence-corrected chi connectivity index (χ0v) is 26.9. The maximum Gasteiger partial charge on any atom is 0.294 e. The van der Waals surface area contributed by atoms with E-state index in [1.54, 1.807) is 49.4 Å². The van der Waals surface area contributed by atoms with Crippen molar-refractivity contribution in [3.63, 3.8) is 0 Å². The molecule has 1 saturated heterocycles. The number of carbonyl (C=O) groups excluding carboxylic acids is 1. The molecule has 1 amide bonds. The van der Waals surface area contributed by atoms with Gasteiger partial charge in [0.15, 0.2) is 6.29 Å². The summed E-state index contributed by atoms with van der Waals surface area (Å²) in [6.45, 7) is 5.28. The van der Waals surface area contributed by atoms with Crippen LogP contribution in [0.4, 0.5) is 4.39 Å². The third-order valence-corrected chi connectivity index (χ3v) is 10.1. The number of aryl methyl sites for hydroxylation is 1. The van der Waals surface area contributed by atoms with E-state index in [2.05, 4.69) is 12.1 Å². The summed E-state index contributed by atoms with van der Waals surface area (Å²) < 4.78 is 87.5. The van der Waals surface area contributed by atoms with Crippen molar-refractivity contribution in [2.75, 3.05) is 13.2 Å². The highest BCUT2D eigenvalue weighted by Gasteiger charge is 2.37. The lowest BCUT2D eigenvalue weighted by atomic mass is 10.1. The summed E-state index contributed by atoms with van der Waals surface area (Å²) in [6.07, 6.45) is 1.06. The van der Waals surface area contributed by atoms with E-state index in [0.29, 0.717) is 29.9 Å². The third kappa shape index (κ3) is 9.67. The Morgan fingerprint density at radius 1 is 1.09 bits per heavy atom. The summed E-state index contributed by atoms with van der Waals surface area (Å²) in [7, 11) is -8.84. The topological polar surface area (TPSA) is 149 Å². The van der Waals surface area contributed by atoms with Gasteiger partial charge >= 0.3 is 0 Å². The molecule has 0 bridgehead atoms. The summed E-state index contributed by atoms with van der Waals surface area (Å²) >= 11 is 0. The molecule has 11 nitrogen and oxygen atoms in total. The van der Waals surface area contributed by atoms with Crippen LogP contribution >= 0.6 is 0 Å². The van der Waals surface area contributed by atoms with Gasteiger partial charge in [-0.15, -0.1) is 0 Å². The number of carbonyl (C=O) groups is 1. The van der Waals surface area contributed by atoms with Gasteiger partial charge in [-0.3, -0.25) is 9.35 Å². The van der Waals surface area contributed by atoms with Crippen LogP contribution < -0.4 is 10.2 Å². The Hall–Kier alpha value is -3.66. The zero-order chi connectivity index (χ0) is 33.3. The normalized spacial score (nSPS) is 16.1. The van der Waals surface area contributed by atoms with Crippen LogP contribution in [-0.4, -0.2) is 57.1 Å². The van der Waals surface area contributed by atoms with Gasteiger partial charge in [-0.2, -0.15) is 12.7 Å². The van der Waals surface area contributed by atoms with Gasteiger partial charge in [0.2, 0.25) is 10.0 Å². The van der Waals surface area contributed by atoms with Crippen molar-refractivity contribution in [3.05, 3.63) is 102 Å². The zero-order valence-electron chi connectivity index (χ0n) is 25.3. The molecular formula is C32H37FN2O9S2. The molecule has 1 heterocycles. The molecule has 248 valence electrons. The van der Waals surface area contributed by atoms with Crippen LogP contribution in [0, 0.1) is 6.92 Å². The number of sulfonamides is 1. The number of nitrogens with zero attached hydrogens (tertiary/aromatic N) is 1. The first-order valence-electron chi connectivity index (χ1n) is 14.6. The number of halogens is 1. The first kappa shape index (κ1) is 35.2. The molecule has 4 rings (SSSR count). The smallest absolute Gasteiger partial charge is 0.294 e. The second-order valence-electron chi connectivity index (χ2n) is 10.8. The van der Waals surface area contributed by atoms with Crippen molar-refractivity contribution in [3.8, 4) is 5.75 Å². The van der Waals surface area contributed by atoms with Crippen molar-refractivity contribution in [2.45, 2.75) is 67.7 Å². The summed E-state index contributed by atoms with van der Waals surface area (Å²) in [5.74, 6) is -1.48. The van der Waals surface area contributed by atoms with Gasteiger partial charge in [0, 0.05) is 32.4 Å². The minimum Gasteiger partial charge on any atom is -0.493 e. The molecule has 0 spiro atoms. The SMILES string of the molecule is C=C(F)C[C@@H](C(=O)NOC1CCCCO1)N(Cc1ccccc1)S(=O)(=O)c1ccc(OCCc2cc(C)ccc2S(=O)(=O)O)cc1. The fraction of sp³-hybridized carbons (Fsp3) is 0.344. The van der Waals surface area contributed by atoms with Gasteiger partial charge in [0.05, 0.1) is 22.2 Å². The van der Waals surface area contributed by atoms with Gasteiger partial charge in [0.1, 0.15) is 11.8 Å². The van der Waals surface area contributed by atoms with Gasteiger partial charge in [-0.05, 0) is 61.2 Å². The lowest BCUT2D eigenvalue weighted by Crippen LogP contribution is -2.50. The summed E-state index contributed by atoms with van der Waals surface area (Å²) in [4.78, 5) is 18.3. The molecule has 2 atom stereocenters. The van der Waals surface area contributed by atoms with E-state index in [1.165, 1.54) is 30.3 Å². The highest BCUT2D eigenvalue weighted by molar-refractivity contribution is 7.89. The average molecular weight is 677 g/mol. The summed E-state index contributed by atoms with van der Waals surface area (Å²) in [6, 6.07) is 17.0. The van der Waals surface area contributed by atoms with Gasteiger partial charge in [0.25, 0.3) is 16.0 Å². The van der Waals surface area contributed by atoms with Crippen molar-refractivity contribution in [1.29, 1.82) is 0 Å². The van der Waals surface area contributed by atoms with Gasteiger partial charge in [-0.1, -0.05) is 54.6 Å². The predicted molar refractivity (Wildman–Crippen MR) is 167 cm³/mol. The van der Waals surface area contributed by atoms with Crippen LogP contribution in [0.25, 0.3) is 0 Å². The molecule has 3 aromatic rings. The van der Waals surface area contributed by atoms with Gasteiger partial charge in [-0.25, -0.2) is 23.1 Å². The molecular weight excluding hydrogens is 639 g/mol. The molecule has 2 N–H and O–H groups in total. The lowest BCUT2D eigenvalue weighted by molar-refractivity contribution is -0.202. The number of hydroxylamine groups is 1. The number of hydrogen-bond acceptors (Lipinski definition) is 8. The van der Waals surface area contributed by atoms with E-state index < -0.39 is 50.6 Å². The molecule has 1 unspecified atom stereocenters. The minimum absolute atomic E-state index is 0.0315.